The number of nitrogens with one attached hydrogen (secondary N) is 1. The number of hydrogen-bond donors (Lipinski definition) is 1. The number of rotatable bonds is 5. The highest BCUT2D eigenvalue weighted by atomic mass is 32.2. The van der Waals surface area contributed by atoms with E-state index in [-0.39, 0.29) is 29.4 Å². The largest absolute Gasteiger partial charge is 0.339 e. The molecule has 1 aliphatic heterocycles. The van der Waals surface area contributed by atoms with Crippen molar-refractivity contribution in [3.05, 3.63) is 11.7 Å². The fraction of sp³-hybridized carbons (Fsp3) is 0.833. The highest BCUT2D eigenvalue weighted by Crippen LogP contribution is 2.29. The minimum Gasteiger partial charge on any atom is -0.339 e. The lowest BCUT2D eigenvalue weighted by atomic mass is 9.98. The van der Waals surface area contributed by atoms with E-state index in [1.807, 2.05) is 7.05 Å². The van der Waals surface area contributed by atoms with Gasteiger partial charge >= 0.3 is 0 Å². The number of hydrogen-bond acceptors (Lipinski definition) is 6. The molecule has 1 N–H and O–H groups in total. The van der Waals surface area contributed by atoms with Crippen LogP contribution >= 0.6 is 0 Å². The van der Waals surface area contributed by atoms with Gasteiger partial charge in [-0.1, -0.05) is 12.1 Å². The lowest BCUT2D eigenvalue weighted by Gasteiger charge is -2.17. The molecule has 0 saturated carbocycles. The van der Waals surface area contributed by atoms with Crippen LogP contribution < -0.4 is 5.32 Å². The number of likely N-dealkylation sites (N-methyl/N-ethyl adjacent to an activating group) is 1. The monoisotopic (exact) mass is 287 g/mol. The van der Waals surface area contributed by atoms with Crippen molar-refractivity contribution in [2.45, 2.75) is 44.6 Å². The topological polar surface area (TPSA) is 85.1 Å². The van der Waals surface area contributed by atoms with Gasteiger partial charge in [-0.25, -0.2) is 8.42 Å². The molecule has 1 aliphatic rings. The molecule has 0 aromatic carbocycles. The van der Waals surface area contributed by atoms with Crippen LogP contribution in [-0.2, 0) is 9.84 Å². The van der Waals surface area contributed by atoms with E-state index in [1.54, 1.807) is 0 Å². The molecular weight excluding hydrogens is 266 g/mol. The first-order valence-electron chi connectivity index (χ1n) is 6.68. The highest BCUT2D eigenvalue weighted by molar-refractivity contribution is 7.91. The molecule has 3 atom stereocenters. The first-order chi connectivity index (χ1) is 8.96. The fourth-order valence-corrected chi connectivity index (χ4v) is 4.24. The lowest BCUT2D eigenvalue weighted by Crippen LogP contribution is -2.28. The molecule has 19 heavy (non-hydrogen) atoms. The van der Waals surface area contributed by atoms with E-state index < -0.39 is 9.84 Å². The second-order valence-corrected chi connectivity index (χ2v) is 7.41. The SMILES string of the molecule is CCC(c1nc(C2CCS(=O)(=O)C2)no1)C(C)NC. The Bertz CT molecular complexity index is 526. The quantitative estimate of drug-likeness (QED) is 0.872. The molecule has 0 bridgehead atoms. The van der Waals surface area contributed by atoms with E-state index in [2.05, 4.69) is 29.3 Å². The van der Waals surface area contributed by atoms with Crippen molar-refractivity contribution in [1.29, 1.82) is 0 Å². The molecule has 0 radical (unpaired) electrons. The van der Waals surface area contributed by atoms with Crippen molar-refractivity contribution < 1.29 is 12.9 Å². The van der Waals surface area contributed by atoms with Crippen LogP contribution in [0.3, 0.4) is 0 Å². The molecule has 0 aliphatic carbocycles. The zero-order valence-electron chi connectivity index (χ0n) is 11.6. The van der Waals surface area contributed by atoms with Gasteiger partial charge < -0.3 is 9.84 Å². The van der Waals surface area contributed by atoms with Gasteiger partial charge in [-0.3, -0.25) is 0 Å². The summed E-state index contributed by atoms with van der Waals surface area (Å²) in [5.74, 6) is 1.56. The maximum atomic E-state index is 11.5. The van der Waals surface area contributed by atoms with Gasteiger partial charge in [0.1, 0.15) is 0 Å². The summed E-state index contributed by atoms with van der Waals surface area (Å²) < 4.78 is 28.3. The predicted octanol–water partition coefficient (Wildman–Crippen LogP) is 1.07. The van der Waals surface area contributed by atoms with Gasteiger partial charge in [0, 0.05) is 12.0 Å². The van der Waals surface area contributed by atoms with Crippen molar-refractivity contribution in [2.24, 2.45) is 0 Å². The average Bonchev–Trinajstić information content (AvgIpc) is 2.96. The fourth-order valence-electron chi connectivity index (χ4n) is 2.51. The third-order valence-corrected chi connectivity index (χ3v) is 5.64. The Kier molecular flexibility index (Phi) is 4.25. The first-order valence-corrected chi connectivity index (χ1v) is 8.50. The van der Waals surface area contributed by atoms with Gasteiger partial charge in [0.2, 0.25) is 5.89 Å². The summed E-state index contributed by atoms with van der Waals surface area (Å²) in [6.07, 6.45) is 1.49. The minimum absolute atomic E-state index is 0.107. The molecule has 7 heteroatoms. The molecule has 1 aromatic rings. The molecule has 108 valence electrons. The second kappa shape index (κ2) is 5.58. The van der Waals surface area contributed by atoms with Gasteiger partial charge in [0.15, 0.2) is 15.7 Å². The number of sulfone groups is 1. The number of nitrogens with zero attached hydrogens (tertiary/aromatic N) is 2. The van der Waals surface area contributed by atoms with Crippen LogP contribution in [0, 0.1) is 0 Å². The van der Waals surface area contributed by atoms with Crippen LogP contribution in [0.25, 0.3) is 0 Å². The molecule has 2 rings (SSSR count). The highest BCUT2D eigenvalue weighted by Gasteiger charge is 2.33. The Morgan fingerprint density at radius 3 is 2.79 bits per heavy atom. The van der Waals surface area contributed by atoms with Gasteiger partial charge in [-0.2, -0.15) is 4.98 Å². The van der Waals surface area contributed by atoms with Gasteiger partial charge in [-0.15, -0.1) is 0 Å². The van der Waals surface area contributed by atoms with E-state index in [1.165, 1.54) is 0 Å². The maximum Gasteiger partial charge on any atom is 0.231 e. The van der Waals surface area contributed by atoms with Crippen molar-refractivity contribution in [2.75, 3.05) is 18.6 Å². The van der Waals surface area contributed by atoms with E-state index in [0.29, 0.717) is 18.1 Å². The smallest absolute Gasteiger partial charge is 0.231 e. The Morgan fingerprint density at radius 1 is 1.53 bits per heavy atom. The zero-order valence-corrected chi connectivity index (χ0v) is 12.4. The molecule has 2 heterocycles. The van der Waals surface area contributed by atoms with E-state index in [4.69, 9.17) is 4.52 Å². The van der Waals surface area contributed by atoms with Crippen LogP contribution in [0.5, 0.6) is 0 Å². The Hall–Kier alpha value is -0.950. The Labute approximate surface area is 113 Å². The molecule has 0 spiro atoms. The first kappa shape index (κ1) is 14.5. The molecule has 1 saturated heterocycles. The van der Waals surface area contributed by atoms with E-state index in [9.17, 15) is 8.42 Å². The van der Waals surface area contributed by atoms with Crippen molar-refractivity contribution in [1.82, 2.24) is 15.5 Å². The minimum atomic E-state index is -2.92. The summed E-state index contributed by atoms with van der Waals surface area (Å²) in [6, 6.07) is 0.241. The molecule has 1 aromatic heterocycles. The Morgan fingerprint density at radius 2 is 2.26 bits per heavy atom. The summed E-state index contributed by atoms with van der Waals surface area (Å²) >= 11 is 0. The summed E-state index contributed by atoms with van der Waals surface area (Å²) in [5, 5.41) is 7.15. The second-order valence-electron chi connectivity index (χ2n) is 5.18. The molecule has 6 nitrogen and oxygen atoms in total. The summed E-state index contributed by atoms with van der Waals surface area (Å²) in [4.78, 5) is 4.42. The van der Waals surface area contributed by atoms with Crippen LogP contribution in [0.4, 0.5) is 0 Å². The third-order valence-electron chi connectivity index (χ3n) is 3.87. The zero-order chi connectivity index (χ0) is 14.0. The molecule has 0 amide bonds. The summed E-state index contributed by atoms with van der Waals surface area (Å²) in [6.45, 7) is 4.14. The average molecular weight is 287 g/mol. The van der Waals surface area contributed by atoms with Gasteiger partial charge in [0.05, 0.1) is 17.4 Å². The molecule has 3 unspecified atom stereocenters. The third kappa shape index (κ3) is 3.14. The standard InChI is InChI=1S/C12H21N3O3S/c1-4-10(8(2)13-3)12-14-11(15-18-12)9-5-6-19(16,17)7-9/h8-10,13H,4-7H2,1-3H3. The van der Waals surface area contributed by atoms with Crippen molar-refractivity contribution in [3.8, 4) is 0 Å². The van der Waals surface area contributed by atoms with Gasteiger partial charge in [0.25, 0.3) is 0 Å². The summed E-state index contributed by atoms with van der Waals surface area (Å²) in [7, 11) is -1.02. The van der Waals surface area contributed by atoms with Crippen molar-refractivity contribution in [3.63, 3.8) is 0 Å². The van der Waals surface area contributed by atoms with E-state index in [0.717, 1.165) is 6.42 Å². The van der Waals surface area contributed by atoms with Crippen LogP contribution in [0.15, 0.2) is 4.52 Å². The van der Waals surface area contributed by atoms with Gasteiger partial charge in [-0.05, 0) is 26.8 Å². The normalized spacial score (nSPS) is 25.3. The maximum absolute atomic E-state index is 11.5. The van der Waals surface area contributed by atoms with Crippen LogP contribution in [0.2, 0.25) is 0 Å². The molecule has 1 fully saturated rings. The number of aromatic nitrogens is 2. The van der Waals surface area contributed by atoms with Crippen molar-refractivity contribution >= 4 is 9.84 Å². The summed E-state index contributed by atoms with van der Waals surface area (Å²) in [5.41, 5.74) is 0. The van der Waals surface area contributed by atoms with Crippen LogP contribution in [-0.4, -0.2) is 43.2 Å². The predicted molar refractivity (Wildman–Crippen MR) is 71.9 cm³/mol. The molecular formula is C12H21N3O3S. The lowest BCUT2D eigenvalue weighted by molar-refractivity contribution is 0.318. The Balaban J connectivity index is 2.15. The van der Waals surface area contributed by atoms with E-state index >= 15 is 0 Å². The van der Waals surface area contributed by atoms with Crippen LogP contribution in [0.1, 0.15) is 50.2 Å².